The fraction of sp³-hybridized carbons (Fsp3) is 1.00. The van der Waals surface area contributed by atoms with E-state index in [2.05, 4.69) is 0 Å². The summed E-state index contributed by atoms with van der Waals surface area (Å²) >= 11 is 0. The van der Waals surface area contributed by atoms with Gasteiger partial charge < -0.3 is 0 Å². The van der Waals surface area contributed by atoms with Gasteiger partial charge in [0.05, 0.1) is 0 Å². The van der Waals surface area contributed by atoms with Crippen molar-refractivity contribution in [1.82, 2.24) is 0 Å². The van der Waals surface area contributed by atoms with Gasteiger partial charge in [-0.15, -0.1) is 0 Å². The van der Waals surface area contributed by atoms with Crippen LogP contribution in [0.15, 0.2) is 0 Å². The molecular formula is CH6K2O6S2. The molecule has 0 aromatic rings. The SMILES string of the molecule is O=S(=O)(O)CS(=O)(=O)O.[KH].[KH]. The molecule has 2 N–H and O–H groups in total. The molecule has 60 valence electrons. The van der Waals surface area contributed by atoms with Crippen molar-refractivity contribution < 1.29 is 25.9 Å². The van der Waals surface area contributed by atoms with E-state index in [9.17, 15) is 16.8 Å². The van der Waals surface area contributed by atoms with Crippen molar-refractivity contribution in [3.05, 3.63) is 0 Å². The topological polar surface area (TPSA) is 109 Å². The van der Waals surface area contributed by atoms with Gasteiger partial charge in [0.15, 0.2) is 0 Å². The monoisotopic (exact) mass is 256 g/mol. The Morgan fingerprint density at radius 2 is 1.00 bits per heavy atom. The van der Waals surface area contributed by atoms with Crippen LogP contribution in [0.2, 0.25) is 0 Å². The molecule has 0 rings (SSSR count). The first kappa shape index (κ1) is 19.6. The Balaban J connectivity index is -0.000000320. The Morgan fingerprint density at radius 1 is 0.818 bits per heavy atom. The van der Waals surface area contributed by atoms with E-state index in [1.807, 2.05) is 0 Å². The van der Waals surface area contributed by atoms with Gasteiger partial charge in [0.25, 0.3) is 20.2 Å². The second kappa shape index (κ2) is 7.39. The molecule has 0 fully saturated rings. The van der Waals surface area contributed by atoms with Crippen LogP contribution in [0.1, 0.15) is 0 Å². The third-order valence-corrected chi connectivity index (χ3v) is 2.68. The Labute approximate surface area is 150 Å². The number of rotatable bonds is 2. The molecular weight excluding hydrogens is 250 g/mol. The fourth-order valence-electron chi connectivity index (χ4n) is 0.188. The zero-order valence-corrected chi connectivity index (χ0v) is 5.68. The van der Waals surface area contributed by atoms with E-state index in [4.69, 9.17) is 9.11 Å². The third-order valence-electron chi connectivity index (χ3n) is 0.298. The van der Waals surface area contributed by atoms with Crippen LogP contribution in [0.3, 0.4) is 0 Å². The van der Waals surface area contributed by atoms with Gasteiger partial charge in [-0.1, -0.05) is 0 Å². The first-order valence-corrected chi connectivity index (χ1v) is 4.83. The van der Waals surface area contributed by atoms with Crippen LogP contribution < -0.4 is 0 Å². The van der Waals surface area contributed by atoms with Gasteiger partial charge >= 0.3 is 103 Å². The molecule has 0 atom stereocenters. The first-order chi connectivity index (χ1) is 3.71. The van der Waals surface area contributed by atoms with Crippen LogP contribution >= 0.6 is 0 Å². The zero-order chi connectivity index (χ0) is 7.71. The van der Waals surface area contributed by atoms with Crippen molar-refractivity contribution in [2.75, 3.05) is 5.08 Å². The van der Waals surface area contributed by atoms with Crippen molar-refractivity contribution in [3.8, 4) is 0 Å². The molecule has 10 heteroatoms. The maximum atomic E-state index is 9.66. The quantitative estimate of drug-likeness (QED) is 0.415. The Hall–Kier alpha value is 3.09. The van der Waals surface area contributed by atoms with E-state index in [0.717, 1.165) is 0 Å². The molecule has 0 unspecified atom stereocenters. The molecule has 0 bridgehead atoms. The summed E-state index contributed by atoms with van der Waals surface area (Å²) in [5.41, 5.74) is 0. The van der Waals surface area contributed by atoms with Crippen molar-refractivity contribution in [2.24, 2.45) is 0 Å². The average molecular weight is 256 g/mol. The molecule has 0 aliphatic heterocycles. The second-order valence-corrected chi connectivity index (χ2v) is 4.55. The molecule has 6 nitrogen and oxygen atoms in total. The van der Waals surface area contributed by atoms with Gasteiger partial charge in [0.1, 0.15) is 0 Å². The van der Waals surface area contributed by atoms with Gasteiger partial charge in [-0.05, 0) is 0 Å². The summed E-state index contributed by atoms with van der Waals surface area (Å²) in [5.74, 6) is 0. The van der Waals surface area contributed by atoms with Crippen LogP contribution in [-0.4, -0.2) is 134 Å². The van der Waals surface area contributed by atoms with E-state index < -0.39 is 25.3 Å². The van der Waals surface area contributed by atoms with Gasteiger partial charge in [-0.25, -0.2) is 0 Å². The summed E-state index contributed by atoms with van der Waals surface area (Å²) in [4.78, 5) is 0. The Morgan fingerprint density at radius 3 is 1.00 bits per heavy atom. The predicted molar refractivity (Wildman–Crippen MR) is 42.3 cm³/mol. The molecule has 0 saturated carbocycles. The van der Waals surface area contributed by atoms with Crippen LogP contribution in [0.25, 0.3) is 0 Å². The van der Waals surface area contributed by atoms with Gasteiger partial charge in [-0.3, -0.25) is 9.11 Å². The molecule has 0 aliphatic rings. The van der Waals surface area contributed by atoms with E-state index in [0.29, 0.717) is 0 Å². The van der Waals surface area contributed by atoms with Crippen LogP contribution in [0, 0.1) is 0 Å². The molecule has 0 aromatic heterocycles. The molecule has 0 amide bonds. The molecule has 0 heterocycles. The molecule has 0 spiro atoms. The van der Waals surface area contributed by atoms with E-state index in [-0.39, 0.29) is 103 Å². The summed E-state index contributed by atoms with van der Waals surface area (Å²) in [7, 11) is -9.24. The third kappa shape index (κ3) is 19.5. The van der Waals surface area contributed by atoms with Gasteiger partial charge in [0.2, 0.25) is 5.08 Å². The van der Waals surface area contributed by atoms with Crippen molar-refractivity contribution in [2.45, 2.75) is 0 Å². The van der Waals surface area contributed by atoms with Crippen LogP contribution in [-0.2, 0) is 20.2 Å². The number of hydrogen-bond acceptors (Lipinski definition) is 4. The molecule has 0 aliphatic carbocycles. The second-order valence-electron chi connectivity index (χ2n) is 1.28. The van der Waals surface area contributed by atoms with Crippen molar-refractivity contribution in [3.63, 3.8) is 0 Å². The molecule has 0 radical (unpaired) electrons. The Kier molecular flexibility index (Phi) is 13.2. The average Bonchev–Trinajstić information content (AvgIpc) is 1.14. The van der Waals surface area contributed by atoms with Crippen molar-refractivity contribution in [1.29, 1.82) is 0 Å². The molecule has 0 aromatic carbocycles. The minimum absolute atomic E-state index is 0. The van der Waals surface area contributed by atoms with E-state index >= 15 is 0 Å². The van der Waals surface area contributed by atoms with Crippen LogP contribution in [0.4, 0.5) is 0 Å². The Bertz CT molecular complexity index is 244. The number of hydrogen-bond donors (Lipinski definition) is 2. The summed E-state index contributed by atoms with van der Waals surface area (Å²) in [5, 5.41) is -1.65. The van der Waals surface area contributed by atoms with Gasteiger partial charge in [-0.2, -0.15) is 16.8 Å². The molecule has 0 saturated heterocycles. The van der Waals surface area contributed by atoms with E-state index in [1.165, 1.54) is 0 Å². The predicted octanol–water partition coefficient (Wildman–Crippen LogP) is -2.58. The normalized spacial score (nSPS) is 11.1. The summed E-state index contributed by atoms with van der Waals surface area (Å²) in [6, 6.07) is 0. The summed E-state index contributed by atoms with van der Waals surface area (Å²) in [6.07, 6.45) is 0. The van der Waals surface area contributed by atoms with E-state index in [1.54, 1.807) is 0 Å². The fourth-order valence-corrected chi connectivity index (χ4v) is 1.69. The zero-order valence-electron chi connectivity index (χ0n) is 4.05. The minimum atomic E-state index is -4.62. The van der Waals surface area contributed by atoms with Crippen molar-refractivity contribution >= 4 is 123 Å². The molecule has 11 heavy (non-hydrogen) atoms. The standard InChI is InChI=1S/CH4O6S2.2K.2H/c2-8(3,4)1-9(5,6)7;;;;/h1H2,(H,2,3,4)(H,5,6,7);;;;. The maximum absolute atomic E-state index is 9.66. The summed E-state index contributed by atoms with van der Waals surface area (Å²) < 4.78 is 54.2. The summed E-state index contributed by atoms with van der Waals surface area (Å²) in [6.45, 7) is 0. The first-order valence-electron chi connectivity index (χ1n) is 1.61. The van der Waals surface area contributed by atoms with Gasteiger partial charge in [0, 0.05) is 0 Å². The van der Waals surface area contributed by atoms with Crippen LogP contribution in [0.5, 0.6) is 0 Å².